The van der Waals surface area contributed by atoms with Crippen LogP contribution in [-0.2, 0) is 0 Å². The molecule has 0 saturated carbocycles. The third kappa shape index (κ3) is 6.85. The molecule has 2 aromatic heterocycles. The van der Waals surface area contributed by atoms with Crippen molar-refractivity contribution in [3.05, 3.63) is 40.8 Å². The predicted molar refractivity (Wildman–Crippen MR) is 128 cm³/mol. The van der Waals surface area contributed by atoms with Gasteiger partial charge in [-0.1, -0.05) is 6.92 Å². The van der Waals surface area contributed by atoms with Gasteiger partial charge in [-0.15, -0.1) is 24.0 Å². The zero-order valence-electron chi connectivity index (χ0n) is 16.5. The fourth-order valence-electron chi connectivity index (χ4n) is 3.10. The summed E-state index contributed by atoms with van der Waals surface area (Å²) in [7, 11) is 1.82. The molecule has 1 aliphatic heterocycles. The first-order valence-corrected chi connectivity index (χ1v) is 10.4. The second-order valence-corrected chi connectivity index (χ2v) is 7.50. The molecule has 1 saturated heterocycles. The summed E-state index contributed by atoms with van der Waals surface area (Å²) >= 11 is 1.75. The van der Waals surface area contributed by atoms with Crippen LogP contribution in [0.4, 0.5) is 5.95 Å². The molecular formula is C19H30IN7S. The van der Waals surface area contributed by atoms with Crippen molar-refractivity contribution < 1.29 is 0 Å². The number of anilines is 1. The van der Waals surface area contributed by atoms with Gasteiger partial charge in [-0.05, 0) is 34.4 Å². The summed E-state index contributed by atoms with van der Waals surface area (Å²) < 4.78 is 0. The first-order valence-electron chi connectivity index (χ1n) is 9.47. The minimum Gasteiger partial charge on any atom is -0.356 e. The number of piperazine rings is 1. The molecule has 1 atom stereocenters. The highest BCUT2D eigenvalue weighted by Gasteiger charge is 2.18. The lowest BCUT2D eigenvalue weighted by atomic mass is 10.1. The second-order valence-electron chi connectivity index (χ2n) is 6.72. The van der Waals surface area contributed by atoms with Crippen LogP contribution in [0, 0.1) is 0 Å². The van der Waals surface area contributed by atoms with Crippen LogP contribution in [0.3, 0.4) is 0 Å². The first kappa shape index (κ1) is 22.8. The lowest BCUT2D eigenvalue weighted by Crippen LogP contribution is -2.49. The molecule has 0 aromatic carbocycles. The number of nitrogens with one attached hydrogen (secondary N) is 2. The third-order valence-corrected chi connectivity index (χ3v) is 5.54. The van der Waals surface area contributed by atoms with E-state index in [1.165, 1.54) is 5.56 Å². The Balaban J connectivity index is 0.00000280. The molecule has 2 N–H and O–H groups in total. The normalized spacial score (nSPS) is 16.4. The van der Waals surface area contributed by atoms with E-state index in [2.05, 4.69) is 59.1 Å². The van der Waals surface area contributed by atoms with Crippen LogP contribution in [0.5, 0.6) is 0 Å². The van der Waals surface area contributed by atoms with Gasteiger partial charge in [-0.3, -0.25) is 9.89 Å². The van der Waals surface area contributed by atoms with Crippen LogP contribution in [0.25, 0.3) is 0 Å². The largest absolute Gasteiger partial charge is 0.356 e. The molecule has 9 heteroatoms. The Labute approximate surface area is 188 Å². The van der Waals surface area contributed by atoms with Crippen LogP contribution in [0.15, 0.2) is 40.3 Å². The average Bonchev–Trinajstić information content (AvgIpc) is 3.26. The van der Waals surface area contributed by atoms with E-state index in [4.69, 9.17) is 0 Å². The van der Waals surface area contributed by atoms with Gasteiger partial charge >= 0.3 is 0 Å². The third-order valence-electron chi connectivity index (χ3n) is 4.84. The molecule has 3 rings (SSSR count). The summed E-state index contributed by atoms with van der Waals surface area (Å²) in [6.45, 7) is 9.00. The van der Waals surface area contributed by atoms with Gasteiger partial charge in [-0.2, -0.15) is 11.3 Å². The molecule has 0 aliphatic carbocycles. The van der Waals surface area contributed by atoms with Crippen LogP contribution in [0.1, 0.15) is 18.4 Å². The molecular weight excluding hydrogens is 485 g/mol. The van der Waals surface area contributed by atoms with E-state index in [0.717, 1.165) is 57.7 Å². The number of nitrogens with zero attached hydrogens (tertiary/aromatic N) is 5. The molecule has 1 aliphatic rings. The topological polar surface area (TPSA) is 68.7 Å². The van der Waals surface area contributed by atoms with E-state index in [1.54, 1.807) is 23.7 Å². The van der Waals surface area contributed by atoms with Crippen LogP contribution < -0.4 is 15.5 Å². The van der Waals surface area contributed by atoms with E-state index in [1.807, 2.05) is 13.1 Å². The fourth-order valence-corrected chi connectivity index (χ4v) is 3.88. The highest BCUT2D eigenvalue weighted by atomic mass is 127. The number of aromatic nitrogens is 2. The highest BCUT2D eigenvalue weighted by molar-refractivity contribution is 14.0. The van der Waals surface area contributed by atoms with Crippen molar-refractivity contribution in [2.24, 2.45) is 4.99 Å². The molecule has 0 amide bonds. The zero-order chi connectivity index (χ0) is 18.9. The van der Waals surface area contributed by atoms with Gasteiger partial charge in [-0.25, -0.2) is 9.97 Å². The molecule has 0 spiro atoms. The van der Waals surface area contributed by atoms with Crippen LogP contribution >= 0.6 is 35.3 Å². The van der Waals surface area contributed by atoms with Gasteiger partial charge in [0.2, 0.25) is 5.95 Å². The van der Waals surface area contributed by atoms with Crippen molar-refractivity contribution in [3.8, 4) is 0 Å². The molecule has 154 valence electrons. The number of hydrogen-bond donors (Lipinski definition) is 2. The number of aliphatic imine (C=N–C) groups is 1. The summed E-state index contributed by atoms with van der Waals surface area (Å²) in [5, 5.41) is 11.2. The number of halogens is 1. The standard InChI is InChI=1S/C19H29N7S.HI/c1-16(17-4-13-27-15-17)14-24-18(20-2)21-7-8-25-9-11-26(12-10-25)19-22-5-3-6-23-19;/h3-6,13,15-16H,7-12,14H2,1-2H3,(H2,20,21,24);1H. The Morgan fingerprint density at radius 3 is 2.61 bits per heavy atom. The second kappa shape index (κ2) is 12.2. The van der Waals surface area contributed by atoms with Crippen molar-refractivity contribution in [1.82, 2.24) is 25.5 Å². The van der Waals surface area contributed by atoms with E-state index >= 15 is 0 Å². The smallest absolute Gasteiger partial charge is 0.225 e. The van der Waals surface area contributed by atoms with Gasteiger partial charge in [0.1, 0.15) is 0 Å². The first-order chi connectivity index (χ1) is 13.3. The molecule has 7 nitrogen and oxygen atoms in total. The summed E-state index contributed by atoms with van der Waals surface area (Å²) in [6, 6.07) is 4.04. The van der Waals surface area contributed by atoms with Gasteiger partial charge in [0.15, 0.2) is 5.96 Å². The Kier molecular flexibility index (Phi) is 9.93. The van der Waals surface area contributed by atoms with E-state index in [-0.39, 0.29) is 24.0 Å². The number of thiophene rings is 1. The van der Waals surface area contributed by atoms with Crippen molar-refractivity contribution in [1.29, 1.82) is 0 Å². The SMILES string of the molecule is CN=C(NCCN1CCN(c2ncccn2)CC1)NCC(C)c1ccsc1.I. The maximum absolute atomic E-state index is 4.34. The molecule has 2 aromatic rings. The number of hydrogen-bond acceptors (Lipinski definition) is 6. The van der Waals surface area contributed by atoms with Crippen LogP contribution in [0.2, 0.25) is 0 Å². The van der Waals surface area contributed by atoms with Crippen molar-refractivity contribution in [3.63, 3.8) is 0 Å². The Bertz CT molecular complexity index is 688. The number of rotatable bonds is 7. The summed E-state index contributed by atoms with van der Waals surface area (Å²) in [6.07, 6.45) is 3.60. The van der Waals surface area contributed by atoms with Gasteiger partial charge in [0.25, 0.3) is 0 Å². The molecule has 1 fully saturated rings. The van der Waals surface area contributed by atoms with Crippen molar-refractivity contribution in [2.45, 2.75) is 12.8 Å². The molecule has 28 heavy (non-hydrogen) atoms. The van der Waals surface area contributed by atoms with Gasteiger partial charge in [0.05, 0.1) is 0 Å². The Morgan fingerprint density at radius 1 is 1.21 bits per heavy atom. The minimum absolute atomic E-state index is 0. The summed E-state index contributed by atoms with van der Waals surface area (Å²) in [4.78, 5) is 17.7. The maximum atomic E-state index is 4.34. The minimum atomic E-state index is 0. The van der Waals surface area contributed by atoms with Gasteiger partial charge < -0.3 is 15.5 Å². The zero-order valence-corrected chi connectivity index (χ0v) is 19.7. The van der Waals surface area contributed by atoms with E-state index in [0.29, 0.717) is 5.92 Å². The average molecular weight is 515 g/mol. The van der Waals surface area contributed by atoms with E-state index in [9.17, 15) is 0 Å². The maximum Gasteiger partial charge on any atom is 0.225 e. The van der Waals surface area contributed by atoms with Crippen molar-refractivity contribution in [2.75, 3.05) is 57.8 Å². The molecule has 0 bridgehead atoms. The van der Waals surface area contributed by atoms with E-state index < -0.39 is 0 Å². The summed E-state index contributed by atoms with van der Waals surface area (Å²) in [5.74, 6) is 2.18. The predicted octanol–water partition coefficient (Wildman–Crippen LogP) is 2.25. The lowest BCUT2D eigenvalue weighted by molar-refractivity contribution is 0.260. The van der Waals surface area contributed by atoms with Gasteiger partial charge in [0, 0.05) is 65.3 Å². The Hall–Kier alpha value is -1.46. The van der Waals surface area contributed by atoms with Crippen LogP contribution in [-0.4, -0.2) is 73.7 Å². The molecule has 1 unspecified atom stereocenters. The molecule has 0 radical (unpaired) electrons. The fraction of sp³-hybridized carbons (Fsp3) is 0.526. The lowest BCUT2D eigenvalue weighted by Gasteiger charge is -2.34. The highest BCUT2D eigenvalue weighted by Crippen LogP contribution is 2.17. The Morgan fingerprint density at radius 2 is 1.96 bits per heavy atom. The van der Waals surface area contributed by atoms with Crippen molar-refractivity contribution >= 4 is 47.2 Å². The number of guanidine groups is 1. The molecule has 3 heterocycles. The quantitative estimate of drug-likeness (QED) is 0.335. The monoisotopic (exact) mass is 515 g/mol. The summed E-state index contributed by atoms with van der Waals surface area (Å²) in [5.41, 5.74) is 1.38.